The molecule has 1 aromatic heterocycles. The predicted octanol–water partition coefficient (Wildman–Crippen LogP) is 1.45. The average molecular weight is 383 g/mol. The maximum absolute atomic E-state index is 13.1. The largest absolute Gasteiger partial charge is 0.356 e. The van der Waals surface area contributed by atoms with E-state index in [0.29, 0.717) is 16.6 Å². The number of thioether (sulfide) groups is 2. The zero-order valence-electron chi connectivity index (χ0n) is 15.1. The van der Waals surface area contributed by atoms with Crippen LogP contribution in [0.5, 0.6) is 0 Å². The minimum Gasteiger partial charge on any atom is -0.356 e. The van der Waals surface area contributed by atoms with Gasteiger partial charge in [-0.25, -0.2) is 4.68 Å². The summed E-state index contributed by atoms with van der Waals surface area (Å²) < 4.78 is 7.14. The molecular weight excluding hydrogens is 362 g/mol. The van der Waals surface area contributed by atoms with Crippen molar-refractivity contribution in [2.45, 2.75) is 43.2 Å². The Kier molecular flexibility index (Phi) is 4.49. The number of methoxy groups -OCH3 is 1. The Morgan fingerprint density at radius 2 is 2.12 bits per heavy atom. The standard InChI is InChI=1S/C15H21N5O3S2/c1-8-7-24-12-15(23-6,25-13-16-17-18-19(13)5)11(22)20(12)9(8)10(21)14(2,3)4/h12H,7H2,1-6H3/t12-,15?/m0/s1. The summed E-state index contributed by atoms with van der Waals surface area (Å²) in [6.07, 6.45) is 0. The molecular formula is C15H21N5O3S2. The first-order valence-corrected chi connectivity index (χ1v) is 9.66. The number of carbonyl (C=O) groups excluding carboxylic acids is 2. The van der Waals surface area contributed by atoms with E-state index in [4.69, 9.17) is 4.74 Å². The quantitative estimate of drug-likeness (QED) is 0.570. The number of hydrogen-bond donors (Lipinski definition) is 0. The van der Waals surface area contributed by atoms with Crippen molar-refractivity contribution in [2.24, 2.45) is 12.5 Å². The summed E-state index contributed by atoms with van der Waals surface area (Å²) in [7, 11) is 3.21. The van der Waals surface area contributed by atoms with Crippen LogP contribution in [0.1, 0.15) is 27.7 Å². The Hall–Kier alpha value is -1.39. The van der Waals surface area contributed by atoms with E-state index in [0.717, 1.165) is 5.57 Å². The minimum absolute atomic E-state index is 0.0290. The SMILES string of the molecule is COC1(Sc2nnnn2C)C(=O)N2C(C(=O)C(C)(C)C)=C(C)CS[C@H]21. The topological polar surface area (TPSA) is 90.2 Å². The van der Waals surface area contributed by atoms with E-state index < -0.39 is 10.3 Å². The molecule has 2 aliphatic heterocycles. The van der Waals surface area contributed by atoms with E-state index in [1.54, 1.807) is 23.7 Å². The number of carbonyl (C=O) groups is 2. The Balaban J connectivity index is 1.96. The first kappa shape index (κ1) is 18.4. The van der Waals surface area contributed by atoms with Crippen molar-refractivity contribution in [1.82, 2.24) is 25.1 Å². The zero-order chi connectivity index (χ0) is 18.6. The molecule has 1 saturated heterocycles. The Bertz CT molecular complexity index is 769. The van der Waals surface area contributed by atoms with Crippen LogP contribution in [0.4, 0.5) is 0 Å². The third-order valence-electron chi connectivity index (χ3n) is 4.20. The normalized spacial score (nSPS) is 26.6. The van der Waals surface area contributed by atoms with Crippen LogP contribution in [0.15, 0.2) is 16.4 Å². The van der Waals surface area contributed by atoms with Crippen molar-refractivity contribution < 1.29 is 14.3 Å². The highest BCUT2D eigenvalue weighted by Crippen LogP contribution is 2.55. The number of amides is 1. The molecule has 1 fully saturated rings. The van der Waals surface area contributed by atoms with Crippen molar-refractivity contribution in [1.29, 1.82) is 0 Å². The molecule has 3 heterocycles. The van der Waals surface area contributed by atoms with Crippen molar-refractivity contribution in [3.05, 3.63) is 11.3 Å². The van der Waals surface area contributed by atoms with E-state index >= 15 is 0 Å². The number of aromatic nitrogens is 4. The lowest BCUT2D eigenvalue weighted by atomic mass is 9.86. The molecule has 0 aliphatic carbocycles. The van der Waals surface area contributed by atoms with Crippen molar-refractivity contribution >= 4 is 35.2 Å². The molecule has 1 aromatic rings. The summed E-state index contributed by atoms with van der Waals surface area (Å²) in [4.78, 5) is 26.4. The van der Waals surface area contributed by atoms with Gasteiger partial charge in [-0.15, -0.1) is 16.9 Å². The number of Topliss-reactive ketones (excluding diaryl/α,β-unsaturated/α-hetero) is 1. The number of β-lactam (4-membered cyclic amide) rings is 1. The van der Waals surface area contributed by atoms with Gasteiger partial charge in [0.1, 0.15) is 5.37 Å². The lowest BCUT2D eigenvalue weighted by molar-refractivity contribution is -0.166. The monoisotopic (exact) mass is 383 g/mol. The molecule has 2 atom stereocenters. The van der Waals surface area contributed by atoms with Crippen LogP contribution in [0.3, 0.4) is 0 Å². The number of allylic oxidation sites excluding steroid dienone is 1. The summed E-state index contributed by atoms with van der Waals surface area (Å²) >= 11 is 2.77. The van der Waals surface area contributed by atoms with Gasteiger partial charge in [-0.05, 0) is 34.7 Å². The summed E-state index contributed by atoms with van der Waals surface area (Å²) in [6.45, 7) is 7.49. The second-order valence-corrected chi connectivity index (χ2v) is 9.35. The van der Waals surface area contributed by atoms with E-state index in [1.807, 2.05) is 27.7 Å². The lowest BCUT2D eigenvalue weighted by Crippen LogP contribution is -2.73. The number of tetrazole rings is 1. The highest BCUT2D eigenvalue weighted by atomic mass is 32.2. The highest BCUT2D eigenvalue weighted by molar-refractivity contribution is 8.05. The number of fused-ring (bicyclic) bond motifs is 1. The molecule has 1 unspecified atom stereocenters. The fraction of sp³-hybridized carbons (Fsp3) is 0.667. The van der Waals surface area contributed by atoms with E-state index in [1.165, 1.54) is 23.6 Å². The van der Waals surface area contributed by atoms with Gasteiger partial charge in [0.05, 0.1) is 5.70 Å². The van der Waals surface area contributed by atoms with Gasteiger partial charge in [-0.3, -0.25) is 14.5 Å². The number of hydrogen-bond acceptors (Lipinski definition) is 8. The molecule has 136 valence electrons. The minimum atomic E-state index is -1.13. The van der Waals surface area contributed by atoms with Crippen molar-refractivity contribution in [3.63, 3.8) is 0 Å². The molecule has 8 nitrogen and oxygen atoms in total. The molecule has 1 amide bonds. The zero-order valence-corrected chi connectivity index (χ0v) is 16.7. The Morgan fingerprint density at radius 3 is 2.64 bits per heavy atom. The van der Waals surface area contributed by atoms with Gasteiger partial charge in [0.15, 0.2) is 5.78 Å². The number of ether oxygens (including phenoxy) is 1. The highest BCUT2D eigenvalue weighted by Gasteiger charge is 2.66. The number of nitrogens with zero attached hydrogens (tertiary/aromatic N) is 5. The van der Waals surface area contributed by atoms with E-state index in [-0.39, 0.29) is 17.1 Å². The second-order valence-electron chi connectivity index (χ2n) is 7.11. The maximum atomic E-state index is 13.1. The van der Waals surface area contributed by atoms with Crippen LogP contribution in [-0.4, -0.2) is 60.0 Å². The van der Waals surface area contributed by atoms with Gasteiger partial charge in [-0.1, -0.05) is 20.8 Å². The van der Waals surface area contributed by atoms with Gasteiger partial charge < -0.3 is 4.74 Å². The third kappa shape index (κ3) is 2.70. The summed E-state index contributed by atoms with van der Waals surface area (Å²) in [5.74, 6) is 0.403. The lowest BCUT2D eigenvalue weighted by Gasteiger charge is -2.56. The summed E-state index contributed by atoms with van der Waals surface area (Å²) in [5, 5.41) is 11.5. The fourth-order valence-corrected chi connectivity index (χ4v) is 5.44. The Labute approximate surface area is 154 Å². The summed E-state index contributed by atoms with van der Waals surface area (Å²) in [6, 6.07) is 0. The number of aryl methyl sites for hydroxylation is 1. The Morgan fingerprint density at radius 1 is 1.44 bits per heavy atom. The molecule has 25 heavy (non-hydrogen) atoms. The van der Waals surface area contributed by atoms with Crippen LogP contribution < -0.4 is 0 Å². The second kappa shape index (κ2) is 6.10. The van der Waals surface area contributed by atoms with Crippen molar-refractivity contribution in [3.8, 4) is 0 Å². The van der Waals surface area contributed by atoms with Gasteiger partial charge in [-0.2, -0.15) is 0 Å². The molecule has 3 rings (SSSR count). The molecule has 0 bridgehead atoms. The van der Waals surface area contributed by atoms with Gasteiger partial charge >= 0.3 is 0 Å². The molecule has 2 aliphatic rings. The average Bonchev–Trinajstić information content (AvgIpc) is 2.95. The van der Waals surface area contributed by atoms with Crippen LogP contribution >= 0.6 is 23.5 Å². The van der Waals surface area contributed by atoms with E-state index in [2.05, 4.69) is 15.5 Å². The molecule has 10 heteroatoms. The van der Waals surface area contributed by atoms with Gasteiger partial charge in [0.2, 0.25) is 10.1 Å². The molecule has 0 saturated carbocycles. The molecule has 0 N–H and O–H groups in total. The van der Waals surface area contributed by atoms with Crippen LogP contribution in [0.25, 0.3) is 0 Å². The van der Waals surface area contributed by atoms with Gasteiger partial charge in [0.25, 0.3) is 5.91 Å². The first-order chi connectivity index (χ1) is 11.6. The smallest absolute Gasteiger partial charge is 0.274 e. The van der Waals surface area contributed by atoms with Crippen LogP contribution in [0, 0.1) is 5.41 Å². The van der Waals surface area contributed by atoms with Gasteiger partial charge in [0, 0.05) is 25.3 Å². The maximum Gasteiger partial charge on any atom is 0.274 e. The predicted molar refractivity (Wildman–Crippen MR) is 94.6 cm³/mol. The third-order valence-corrected chi connectivity index (χ3v) is 7.21. The van der Waals surface area contributed by atoms with Crippen molar-refractivity contribution in [2.75, 3.05) is 12.9 Å². The molecule has 0 radical (unpaired) electrons. The van der Waals surface area contributed by atoms with Crippen LogP contribution in [-0.2, 0) is 21.4 Å². The first-order valence-electron chi connectivity index (χ1n) is 7.80. The number of rotatable bonds is 4. The summed E-state index contributed by atoms with van der Waals surface area (Å²) in [5.41, 5.74) is 0.866. The number of ketones is 1. The van der Waals surface area contributed by atoms with E-state index in [9.17, 15) is 9.59 Å². The fourth-order valence-electron chi connectivity index (χ4n) is 2.79. The molecule has 0 aromatic carbocycles. The molecule has 0 spiro atoms. The van der Waals surface area contributed by atoms with Crippen LogP contribution in [0.2, 0.25) is 0 Å².